The van der Waals surface area contributed by atoms with E-state index in [-0.39, 0.29) is 12.4 Å². The maximum atomic E-state index is 11.2. The third-order valence-corrected chi connectivity index (χ3v) is 5.24. The van der Waals surface area contributed by atoms with Crippen molar-refractivity contribution >= 4 is 26.5 Å². The van der Waals surface area contributed by atoms with Crippen molar-refractivity contribution in [2.45, 2.75) is 13.3 Å². The van der Waals surface area contributed by atoms with Gasteiger partial charge >= 0.3 is 0 Å². The first-order chi connectivity index (χ1) is 12.9. The summed E-state index contributed by atoms with van der Waals surface area (Å²) in [6.45, 7) is 2.16. The van der Waals surface area contributed by atoms with Crippen LogP contribution in [0.3, 0.4) is 0 Å². The van der Waals surface area contributed by atoms with Crippen molar-refractivity contribution in [2.24, 2.45) is 0 Å². The minimum absolute atomic E-state index is 0.0869. The molecule has 0 saturated carbocycles. The van der Waals surface area contributed by atoms with Gasteiger partial charge in [0.2, 0.25) is 5.88 Å². The first-order valence-electron chi connectivity index (χ1n) is 8.55. The fourth-order valence-corrected chi connectivity index (χ4v) is 3.54. The number of para-hydroxylation sites is 1. The monoisotopic (exact) mass is 385 g/mol. The predicted molar refractivity (Wildman–Crippen MR) is 103 cm³/mol. The molecule has 0 amide bonds. The van der Waals surface area contributed by atoms with Crippen LogP contribution in [0, 0.1) is 6.92 Å². The van der Waals surface area contributed by atoms with E-state index in [1.54, 1.807) is 10.7 Å². The first kappa shape index (κ1) is 17.5. The topological polar surface area (TPSA) is 86.7 Å². The number of rotatable bonds is 6. The normalized spacial score (nSPS) is 12.1. The molecule has 0 fully saturated rings. The van der Waals surface area contributed by atoms with E-state index < -0.39 is 9.84 Å². The highest BCUT2D eigenvalue weighted by Crippen LogP contribution is 2.29. The Labute approximate surface area is 156 Å². The zero-order chi connectivity index (χ0) is 19.0. The number of benzene rings is 1. The molecule has 0 N–H and O–H groups in total. The zero-order valence-electron chi connectivity index (χ0n) is 15.0. The summed E-state index contributed by atoms with van der Waals surface area (Å²) in [7, 11) is -3.00. The Morgan fingerprint density at radius 1 is 1.22 bits per heavy atom. The minimum atomic E-state index is -3.00. The molecule has 0 unspecified atom stereocenters. The molecule has 0 spiro atoms. The quantitative estimate of drug-likeness (QED) is 0.474. The number of furan rings is 1. The number of aryl methyl sites for hydroxylation is 1. The molecule has 7 nitrogen and oxygen atoms in total. The average molecular weight is 385 g/mol. The van der Waals surface area contributed by atoms with E-state index >= 15 is 0 Å². The maximum absolute atomic E-state index is 11.2. The molecule has 0 saturated heterocycles. The Hall–Kier alpha value is -2.87. The smallest absolute Gasteiger partial charge is 0.234 e. The van der Waals surface area contributed by atoms with Gasteiger partial charge in [-0.3, -0.25) is 0 Å². The second kappa shape index (κ2) is 6.70. The van der Waals surface area contributed by atoms with Crippen LogP contribution >= 0.6 is 0 Å². The fourth-order valence-electron chi connectivity index (χ4n) is 2.90. The van der Waals surface area contributed by atoms with Crippen molar-refractivity contribution in [3.05, 3.63) is 48.2 Å². The van der Waals surface area contributed by atoms with E-state index in [0.717, 1.165) is 22.2 Å². The lowest BCUT2D eigenvalue weighted by Crippen LogP contribution is -2.10. The Morgan fingerprint density at radius 2 is 2.04 bits per heavy atom. The van der Waals surface area contributed by atoms with E-state index in [9.17, 15) is 8.42 Å². The Kier molecular flexibility index (Phi) is 4.35. The van der Waals surface area contributed by atoms with Gasteiger partial charge in [0.1, 0.15) is 21.1 Å². The van der Waals surface area contributed by atoms with Crippen LogP contribution in [0.25, 0.3) is 28.1 Å². The summed E-state index contributed by atoms with van der Waals surface area (Å²) in [6, 6.07) is 11.6. The largest absolute Gasteiger partial charge is 0.476 e. The van der Waals surface area contributed by atoms with Crippen molar-refractivity contribution in [3.63, 3.8) is 0 Å². The van der Waals surface area contributed by atoms with Crippen molar-refractivity contribution in [3.8, 4) is 17.3 Å². The van der Waals surface area contributed by atoms with E-state index in [0.29, 0.717) is 23.7 Å². The molecule has 140 valence electrons. The fraction of sp³-hybridized carbons (Fsp3) is 0.263. The summed E-state index contributed by atoms with van der Waals surface area (Å²) < 4.78 is 35.8. The molecule has 0 aliphatic carbocycles. The second-order valence-corrected chi connectivity index (χ2v) is 8.79. The van der Waals surface area contributed by atoms with Crippen LogP contribution in [0.15, 0.2) is 47.0 Å². The number of aromatic nitrogens is 3. The van der Waals surface area contributed by atoms with Crippen molar-refractivity contribution in [2.75, 3.05) is 18.6 Å². The highest BCUT2D eigenvalue weighted by atomic mass is 32.2. The van der Waals surface area contributed by atoms with Crippen molar-refractivity contribution in [1.82, 2.24) is 14.6 Å². The van der Waals surface area contributed by atoms with Crippen molar-refractivity contribution in [1.29, 1.82) is 0 Å². The lowest BCUT2D eigenvalue weighted by atomic mass is 10.2. The highest BCUT2D eigenvalue weighted by Gasteiger charge is 2.15. The van der Waals surface area contributed by atoms with E-state index in [1.165, 1.54) is 6.26 Å². The molecule has 27 heavy (non-hydrogen) atoms. The number of ether oxygens (including phenoxy) is 1. The molecule has 0 radical (unpaired) electrons. The second-order valence-electron chi connectivity index (χ2n) is 6.53. The number of imidazole rings is 1. The summed E-state index contributed by atoms with van der Waals surface area (Å²) in [4.78, 5) is 4.40. The molecule has 0 aliphatic heterocycles. The Morgan fingerprint density at radius 3 is 2.81 bits per heavy atom. The van der Waals surface area contributed by atoms with Crippen molar-refractivity contribution < 1.29 is 17.6 Å². The number of hydrogen-bond donors (Lipinski definition) is 0. The van der Waals surface area contributed by atoms with Gasteiger partial charge in [0.05, 0.1) is 18.6 Å². The van der Waals surface area contributed by atoms with Crippen LogP contribution in [0.2, 0.25) is 0 Å². The van der Waals surface area contributed by atoms with Gasteiger partial charge in [0, 0.05) is 17.2 Å². The summed E-state index contributed by atoms with van der Waals surface area (Å²) in [5, 5.41) is 5.54. The Bertz CT molecular complexity index is 1190. The number of fused-ring (bicyclic) bond motifs is 2. The molecule has 3 aromatic heterocycles. The lowest BCUT2D eigenvalue weighted by molar-refractivity contribution is 0.298. The van der Waals surface area contributed by atoms with Crippen LogP contribution in [-0.2, 0) is 9.84 Å². The van der Waals surface area contributed by atoms with E-state index in [1.807, 2.05) is 43.3 Å². The lowest BCUT2D eigenvalue weighted by Gasteiger charge is -2.08. The zero-order valence-corrected chi connectivity index (χ0v) is 15.9. The van der Waals surface area contributed by atoms with Gasteiger partial charge in [0.15, 0.2) is 11.4 Å². The number of sulfone groups is 1. The standard InChI is InChI=1S/C19H19N3O4S/c1-13-10-18-20-12-15(17-11-14-6-3-4-7-16(14)26-17)22(18)21-19(13)25-8-5-9-27(2,23)24/h3-4,6-7,10-12H,5,8-9H2,1-2H3. The Balaban J connectivity index is 1.65. The molecule has 0 bridgehead atoms. The highest BCUT2D eigenvalue weighted by molar-refractivity contribution is 7.90. The SMILES string of the molecule is Cc1cc2ncc(-c3cc4ccccc4o3)n2nc1OCCCS(C)(=O)=O. The van der Waals surface area contributed by atoms with Crippen LogP contribution in [0.4, 0.5) is 0 Å². The summed E-state index contributed by atoms with van der Waals surface area (Å²) in [6.07, 6.45) is 3.35. The molecule has 4 aromatic rings. The van der Waals surface area contributed by atoms with Gasteiger partial charge in [0.25, 0.3) is 0 Å². The molecule has 8 heteroatoms. The molecule has 1 aromatic carbocycles. The van der Waals surface area contributed by atoms with E-state index in [4.69, 9.17) is 9.15 Å². The molecule has 0 atom stereocenters. The van der Waals surface area contributed by atoms with Crippen LogP contribution in [0.1, 0.15) is 12.0 Å². The van der Waals surface area contributed by atoms with Crippen LogP contribution in [-0.4, -0.2) is 41.6 Å². The van der Waals surface area contributed by atoms with Gasteiger partial charge in [-0.15, -0.1) is 5.10 Å². The summed E-state index contributed by atoms with van der Waals surface area (Å²) in [5.41, 5.74) is 3.05. The summed E-state index contributed by atoms with van der Waals surface area (Å²) >= 11 is 0. The minimum Gasteiger partial charge on any atom is -0.476 e. The maximum Gasteiger partial charge on any atom is 0.234 e. The van der Waals surface area contributed by atoms with Gasteiger partial charge in [-0.1, -0.05) is 18.2 Å². The molecular weight excluding hydrogens is 366 g/mol. The summed E-state index contributed by atoms with van der Waals surface area (Å²) in [5.74, 6) is 1.21. The number of nitrogens with zero attached hydrogens (tertiary/aromatic N) is 3. The molecular formula is C19H19N3O4S. The molecule has 0 aliphatic rings. The first-order valence-corrected chi connectivity index (χ1v) is 10.6. The third kappa shape index (κ3) is 3.66. The average Bonchev–Trinajstić information content (AvgIpc) is 3.20. The predicted octanol–water partition coefficient (Wildman–Crippen LogP) is 3.26. The van der Waals surface area contributed by atoms with Crippen LogP contribution < -0.4 is 4.74 Å². The van der Waals surface area contributed by atoms with Gasteiger partial charge in [-0.05, 0) is 31.5 Å². The number of hydrogen-bond acceptors (Lipinski definition) is 6. The van der Waals surface area contributed by atoms with Gasteiger partial charge in [-0.2, -0.15) is 0 Å². The van der Waals surface area contributed by atoms with Crippen LogP contribution in [0.5, 0.6) is 5.88 Å². The van der Waals surface area contributed by atoms with Gasteiger partial charge < -0.3 is 9.15 Å². The third-order valence-electron chi connectivity index (χ3n) is 4.21. The van der Waals surface area contributed by atoms with E-state index in [2.05, 4.69) is 10.1 Å². The molecule has 4 rings (SSSR count). The van der Waals surface area contributed by atoms with Gasteiger partial charge in [-0.25, -0.2) is 17.9 Å². The molecule has 3 heterocycles.